The summed E-state index contributed by atoms with van der Waals surface area (Å²) in [6.07, 6.45) is 0.526. The number of sulfone groups is 1. The van der Waals surface area contributed by atoms with Crippen molar-refractivity contribution in [2.45, 2.75) is 12.8 Å². The van der Waals surface area contributed by atoms with Crippen molar-refractivity contribution in [3.8, 4) is 5.75 Å². The van der Waals surface area contributed by atoms with Crippen molar-refractivity contribution in [3.63, 3.8) is 0 Å². The number of esters is 1. The minimum atomic E-state index is -3.03. The van der Waals surface area contributed by atoms with Gasteiger partial charge in [0.2, 0.25) is 0 Å². The molecule has 0 unspecified atom stereocenters. The molecule has 1 aliphatic rings. The van der Waals surface area contributed by atoms with Crippen LogP contribution in [-0.4, -0.2) is 31.7 Å². The van der Waals surface area contributed by atoms with Crippen LogP contribution in [0.3, 0.4) is 0 Å². The maximum absolute atomic E-state index is 12.9. The van der Waals surface area contributed by atoms with Crippen LogP contribution in [0.4, 0.5) is 4.39 Å². The van der Waals surface area contributed by atoms with Crippen LogP contribution >= 0.6 is 0 Å². The lowest BCUT2D eigenvalue weighted by molar-refractivity contribution is -0.135. The van der Waals surface area contributed by atoms with Crippen molar-refractivity contribution in [3.05, 3.63) is 65.5 Å². The van der Waals surface area contributed by atoms with Gasteiger partial charge in [0.25, 0.3) is 0 Å². The first-order valence-corrected chi connectivity index (χ1v) is 9.96. The monoisotopic (exact) mass is 376 g/mol. The van der Waals surface area contributed by atoms with Crippen LogP contribution < -0.4 is 4.74 Å². The quantitative estimate of drug-likeness (QED) is 0.456. The van der Waals surface area contributed by atoms with Gasteiger partial charge in [0, 0.05) is 17.5 Å². The predicted molar refractivity (Wildman–Crippen MR) is 93.3 cm³/mol. The molecule has 5 nitrogen and oxygen atoms in total. The van der Waals surface area contributed by atoms with Crippen molar-refractivity contribution >= 4 is 21.6 Å². The molecular formula is C19H17FO5S. The van der Waals surface area contributed by atoms with E-state index in [0.29, 0.717) is 17.5 Å². The van der Waals surface area contributed by atoms with E-state index < -0.39 is 21.6 Å². The smallest absolute Gasteiger partial charge is 0.311 e. The Balaban J connectivity index is 1.60. The van der Waals surface area contributed by atoms with E-state index >= 15 is 0 Å². The van der Waals surface area contributed by atoms with Gasteiger partial charge in [-0.15, -0.1) is 0 Å². The summed E-state index contributed by atoms with van der Waals surface area (Å²) in [7, 11) is -3.03. The maximum atomic E-state index is 12.9. The zero-order valence-corrected chi connectivity index (χ0v) is 14.7. The van der Waals surface area contributed by atoms with E-state index in [0.717, 1.165) is 0 Å². The Morgan fingerprint density at radius 3 is 2.12 bits per heavy atom. The van der Waals surface area contributed by atoms with E-state index in [2.05, 4.69) is 0 Å². The molecule has 0 saturated carbocycles. The van der Waals surface area contributed by atoms with Crippen molar-refractivity contribution < 1.29 is 27.1 Å². The Morgan fingerprint density at radius 1 is 1.00 bits per heavy atom. The number of carbonyl (C=O) groups excluding carboxylic acids is 2. The summed E-state index contributed by atoms with van der Waals surface area (Å²) in [6, 6.07) is 11.3. The van der Waals surface area contributed by atoms with E-state index in [4.69, 9.17) is 4.74 Å². The fourth-order valence-corrected chi connectivity index (χ4v) is 4.75. The van der Waals surface area contributed by atoms with Gasteiger partial charge in [0.1, 0.15) is 11.6 Å². The molecule has 1 aliphatic heterocycles. The number of carbonyl (C=O) groups is 2. The van der Waals surface area contributed by atoms with Crippen molar-refractivity contribution in [1.82, 2.24) is 0 Å². The van der Waals surface area contributed by atoms with Gasteiger partial charge in [0.15, 0.2) is 15.6 Å². The van der Waals surface area contributed by atoms with Crippen LogP contribution in [0, 0.1) is 11.7 Å². The highest BCUT2D eigenvalue weighted by atomic mass is 32.2. The Labute approximate surface area is 150 Å². The summed E-state index contributed by atoms with van der Waals surface area (Å²) in [5.41, 5.74) is 0.747. The lowest BCUT2D eigenvalue weighted by Gasteiger charge is -2.08. The highest BCUT2D eigenvalue weighted by Crippen LogP contribution is 2.23. The normalized spacial score (nSPS) is 18.4. The first-order chi connectivity index (χ1) is 12.3. The largest absolute Gasteiger partial charge is 0.427 e. The predicted octanol–water partition coefficient (Wildman–Crippen LogP) is 2.79. The summed E-state index contributed by atoms with van der Waals surface area (Å²) in [4.78, 5) is 24.2. The number of ketones is 1. The highest BCUT2D eigenvalue weighted by molar-refractivity contribution is 7.91. The highest BCUT2D eigenvalue weighted by Gasteiger charge is 2.30. The fraction of sp³-hybridized carbons (Fsp3) is 0.263. The number of rotatable bonds is 5. The Morgan fingerprint density at radius 2 is 1.58 bits per heavy atom. The van der Waals surface area contributed by atoms with Gasteiger partial charge in [-0.2, -0.15) is 0 Å². The molecular weight excluding hydrogens is 359 g/mol. The number of hydrogen-bond acceptors (Lipinski definition) is 5. The van der Waals surface area contributed by atoms with E-state index in [-0.39, 0.29) is 35.4 Å². The van der Waals surface area contributed by atoms with Gasteiger partial charge in [-0.1, -0.05) is 0 Å². The molecule has 0 radical (unpaired) electrons. The lowest BCUT2D eigenvalue weighted by Crippen LogP contribution is -2.15. The van der Waals surface area contributed by atoms with Crippen LogP contribution in [0.5, 0.6) is 5.75 Å². The second-order valence-corrected chi connectivity index (χ2v) is 8.54. The van der Waals surface area contributed by atoms with E-state index in [1.807, 2.05) is 0 Å². The third kappa shape index (κ3) is 4.54. The zero-order chi connectivity index (χ0) is 18.7. The van der Waals surface area contributed by atoms with Gasteiger partial charge in [-0.05, 0) is 60.9 Å². The van der Waals surface area contributed by atoms with Crippen LogP contribution in [0.25, 0.3) is 0 Å². The number of halogens is 1. The number of benzene rings is 2. The summed E-state index contributed by atoms with van der Waals surface area (Å²) < 4.78 is 41.0. The molecule has 0 spiro atoms. The Kier molecular flexibility index (Phi) is 5.18. The second kappa shape index (κ2) is 7.37. The van der Waals surface area contributed by atoms with Gasteiger partial charge < -0.3 is 4.74 Å². The molecule has 136 valence electrons. The summed E-state index contributed by atoms with van der Waals surface area (Å²) in [5.74, 6) is -0.959. The summed E-state index contributed by atoms with van der Waals surface area (Å²) in [6.45, 7) is 0. The fourth-order valence-electron chi connectivity index (χ4n) is 2.88. The van der Waals surface area contributed by atoms with Crippen LogP contribution in [-0.2, 0) is 14.6 Å². The van der Waals surface area contributed by atoms with Gasteiger partial charge in [-0.25, -0.2) is 12.8 Å². The topological polar surface area (TPSA) is 77.5 Å². The summed E-state index contributed by atoms with van der Waals surface area (Å²) >= 11 is 0. The third-order valence-corrected chi connectivity index (χ3v) is 6.07. The molecule has 2 aromatic carbocycles. The first-order valence-electron chi connectivity index (χ1n) is 8.14. The molecule has 3 rings (SSSR count). The molecule has 0 bridgehead atoms. The summed E-state index contributed by atoms with van der Waals surface area (Å²) in [5, 5.41) is 0. The number of ether oxygens (including phenoxy) is 1. The zero-order valence-electron chi connectivity index (χ0n) is 13.9. The van der Waals surface area contributed by atoms with E-state index in [1.165, 1.54) is 48.5 Å². The molecule has 1 atom stereocenters. The first kappa shape index (κ1) is 18.3. The average Bonchev–Trinajstić information content (AvgIpc) is 2.94. The van der Waals surface area contributed by atoms with Gasteiger partial charge >= 0.3 is 5.97 Å². The van der Waals surface area contributed by atoms with Crippen molar-refractivity contribution in [1.29, 1.82) is 0 Å². The van der Waals surface area contributed by atoms with Crippen molar-refractivity contribution in [2.75, 3.05) is 11.5 Å². The minimum absolute atomic E-state index is 0.0210. The molecule has 7 heteroatoms. The average molecular weight is 376 g/mol. The maximum Gasteiger partial charge on any atom is 0.311 e. The molecule has 1 fully saturated rings. The molecule has 0 amide bonds. The lowest BCUT2D eigenvalue weighted by atomic mass is 10.0. The molecule has 26 heavy (non-hydrogen) atoms. The Bertz CT molecular complexity index is 917. The van der Waals surface area contributed by atoms with Crippen molar-refractivity contribution in [2.24, 2.45) is 5.92 Å². The third-order valence-electron chi connectivity index (χ3n) is 4.24. The molecule has 0 N–H and O–H groups in total. The molecule has 0 aromatic heterocycles. The van der Waals surface area contributed by atoms with Gasteiger partial charge in [-0.3, -0.25) is 9.59 Å². The van der Waals surface area contributed by atoms with Crippen LogP contribution in [0.15, 0.2) is 48.5 Å². The van der Waals surface area contributed by atoms with E-state index in [9.17, 15) is 22.4 Å². The SMILES string of the molecule is O=C(C[C@@H]1CCS(=O)(=O)C1)Oc1ccc(C(=O)c2ccc(F)cc2)cc1. The Hall–Kier alpha value is -2.54. The molecule has 2 aromatic rings. The minimum Gasteiger partial charge on any atom is -0.427 e. The molecule has 0 aliphatic carbocycles. The second-order valence-electron chi connectivity index (χ2n) is 6.31. The van der Waals surface area contributed by atoms with E-state index in [1.54, 1.807) is 0 Å². The van der Waals surface area contributed by atoms with Gasteiger partial charge in [0.05, 0.1) is 11.5 Å². The number of hydrogen-bond donors (Lipinski definition) is 0. The standard InChI is InChI=1S/C19H17FO5S/c20-16-5-1-14(2-6-16)19(22)15-3-7-17(8-4-15)25-18(21)11-13-9-10-26(23,24)12-13/h1-8,13H,9-12H2/t13-/m0/s1. The molecule has 1 saturated heterocycles. The molecule has 1 heterocycles. The van der Waals surface area contributed by atoms with Crippen LogP contribution in [0.2, 0.25) is 0 Å². The van der Waals surface area contributed by atoms with Crippen LogP contribution in [0.1, 0.15) is 28.8 Å².